The average molecular weight is 530 g/mol. The van der Waals surface area contributed by atoms with Crippen molar-refractivity contribution in [3.05, 3.63) is 81.5 Å². The van der Waals surface area contributed by atoms with E-state index >= 15 is 0 Å². The van der Waals surface area contributed by atoms with E-state index in [9.17, 15) is 14.4 Å². The molecule has 0 saturated heterocycles. The van der Waals surface area contributed by atoms with Crippen LogP contribution in [0.25, 0.3) is 11.3 Å². The molecule has 0 spiro atoms. The number of nitrogens with zero attached hydrogens (tertiary/aromatic N) is 1. The zero-order valence-electron chi connectivity index (χ0n) is 19.9. The lowest BCUT2D eigenvalue weighted by Crippen LogP contribution is -2.48. The van der Waals surface area contributed by atoms with Gasteiger partial charge in [-0.15, -0.1) is 0 Å². The monoisotopic (exact) mass is 529 g/mol. The number of esters is 1. The van der Waals surface area contributed by atoms with E-state index < -0.39 is 23.8 Å². The average Bonchev–Trinajstić information content (AvgIpc) is 3.31. The number of nitrogens with one attached hydrogen (secondary N) is 2. The molecule has 10 heteroatoms. The Labute approximate surface area is 218 Å². The van der Waals surface area contributed by atoms with E-state index in [1.54, 1.807) is 63.2 Å². The Balaban J connectivity index is 1.67. The number of hydrogen-bond acceptors (Lipinski definition) is 6. The standard InChI is InChI=1S/C26H25Cl2N3O5/c1-4-35-26(34)19-8-6-5-7-18(19)22-12-10-17(36-22)14-29-31-25(33)23(15(2)3)30-24(32)20-11-9-16(27)13-21(20)28/h5-15,23H,4H2,1-3H3,(H,30,32)(H,31,33)/b29-14-. The maximum absolute atomic E-state index is 12.7. The molecule has 2 N–H and O–H groups in total. The summed E-state index contributed by atoms with van der Waals surface area (Å²) in [5.74, 6) is -0.913. The largest absolute Gasteiger partial charge is 0.462 e. The topological polar surface area (TPSA) is 110 Å². The minimum atomic E-state index is -0.870. The summed E-state index contributed by atoms with van der Waals surface area (Å²) >= 11 is 12.0. The molecule has 3 rings (SSSR count). The van der Waals surface area contributed by atoms with Gasteiger partial charge in [-0.1, -0.05) is 55.2 Å². The first kappa shape index (κ1) is 27.0. The second kappa shape index (κ2) is 12.4. The summed E-state index contributed by atoms with van der Waals surface area (Å²) in [6.07, 6.45) is 1.32. The molecule has 3 aromatic rings. The molecule has 2 amide bonds. The summed E-state index contributed by atoms with van der Waals surface area (Å²) < 4.78 is 10.9. The van der Waals surface area contributed by atoms with Gasteiger partial charge < -0.3 is 14.5 Å². The van der Waals surface area contributed by atoms with Gasteiger partial charge in [-0.3, -0.25) is 9.59 Å². The van der Waals surface area contributed by atoms with E-state index in [0.29, 0.717) is 27.7 Å². The van der Waals surface area contributed by atoms with Crippen molar-refractivity contribution in [2.75, 3.05) is 6.61 Å². The Kier molecular flexibility index (Phi) is 9.27. The zero-order valence-corrected chi connectivity index (χ0v) is 21.4. The molecule has 1 aromatic heterocycles. The summed E-state index contributed by atoms with van der Waals surface area (Å²) in [7, 11) is 0. The van der Waals surface area contributed by atoms with Crippen LogP contribution in [0.15, 0.2) is 64.1 Å². The van der Waals surface area contributed by atoms with Crippen molar-refractivity contribution in [3.63, 3.8) is 0 Å². The van der Waals surface area contributed by atoms with Crippen LogP contribution in [0.2, 0.25) is 10.0 Å². The van der Waals surface area contributed by atoms with E-state index in [-0.39, 0.29) is 23.1 Å². The van der Waals surface area contributed by atoms with Gasteiger partial charge in [0.05, 0.1) is 29.0 Å². The van der Waals surface area contributed by atoms with Crippen LogP contribution in [0.1, 0.15) is 47.2 Å². The second-order valence-electron chi connectivity index (χ2n) is 8.02. The van der Waals surface area contributed by atoms with Gasteiger partial charge in [-0.05, 0) is 49.2 Å². The molecular weight excluding hydrogens is 505 g/mol. The minimum Gasteiger partial charge on any atom is -0.462 e. The Hall–Kier alpha value is -3.62. The van der Waals surface area contributed by atoms with E-state index in [0.717, 1.165) is 0 Å². The first-order chi connectivity index (χ1) is 17.2. The van der Waals surface area contributed by atoms with Crippen molar-refractivity contribution in [2.45, 2.75) is 26.8 Å². The van der Waals surface area contributed by atoms with E-state index in [2.05, 4.69) is 15.8 Å². The molecule has 2 aromatic carbocycles. The Bertz CT molecular complexity index is 1290. The molecule has 0 aliphatic rings. The van der Waals surface area contributed by atoms with Crippen molar-refractivity contribution in [3.8, 4) is 11.3 Å². The van der Waals surface area contributed by atoms with Gasteiger partial charge in [0.15, 0.2) is 0 Å². The number of halogens is 2. The van der Waals surface area contributed by atoms with Gasteiger partial charge >= 0.3 is 5.97 Å². The lowest BCUT2D eigenvalue weighted by Gasteiger charge is -2.20. The van der Waals surface area contributed by atoms with Crippen molar-refractivity contribution in [1.29, 1.82) is 0 Å². The Morgan fingerprint density at radius 3 is 2.50 bits per heavy atom. The van der Waals surface area contributed by atoms with E-state index in [1.165, 1.54) is 18.3 Å². The van der Waals surface area contributed by atoms with Crippen LogP contribution >= 0.6 is 23.2 Å². The van der Waals surface area contributed by atoms with Crippen LogP contribution in [0.3, 0.4) is 0 Å². The number of hydrogen-bond donors (Lipinski definition) is 2. The summed E-state index contributed by atoms with van der Waals surface area (Å²) in [5, 5.41) is 7.20. The molecule has 0 aliphatic heterocycles. The zero-order chi connectivity index (χ0) is 26.2. The van der Waals surface area contributed by atoms with Crippen LogP contribution in [0, 0.1) is 5.92 Å². The quantitative estimate of drug-likeness (QED) is 0.221. The first-order valence-corrected chi connectivity index (χ1v) is 11.9. The van der Waals surface area contributed by atoms with Crippen LogP contribution in [0.5, 0.6) is 0 Å². The first-order valence-electron chi connectivity index (χ1n) is 11.2. The number of rotatable bonds is 9. The van der Waals surface area contributed by atoms with Crippen molar-refractivity contribution >= 4 is 47.2 Å². The van der Waals surface area contributed by atoms with Crippen LogP contribution in [-0.2, 0) is 9.53 Å². The summed E-state index contributed by atoms with van der Waals surface area (Å²) in [5.41, 5.74) is 3.57. The van der Waals surface area contributed by atoms with E-state index in [1.807, 2.05) is 0 Å². The highest BCUT2D eigenvalue weighted by atomic mass is 35.5. The molecule has 8 nitrogen and oxygen atoms in total. The minimum absolute atomic E-state index is 0.180. The molecule has 1 heterocycles. The van der Waals surface area contributed by atoms with Crippen LogP contribution < -0.4 is 10.7 Å². The number of amides is 2. The fourth-order valence-electron chi connectivity index (χ4n) is 3.31. The summed E-state index contributed by atoms with van der Waals surface area (Å²) in [6, 6.07) is 13.9. The number of furan rings is 1. The molecule has 0 fully saturated rings. The highest BCUT2D eigenvalue weighted by molar-refractivity contribution is 6.36. The lowest BCUT2D eigenvalue weighted by molar-refractivity contribution is -0.123. The third-order valence-electron chi connectivity index (χ3n) is 5.09. The summed E-state index contributed by atoms with van der Waals surface area (Å²) in [4.78, 5) is 37.6. The lowest BCUT2D eigenvalue weighted by atomic mass is 10.0. The molecule has 1 unspecified atom stereocenters. The third-order valence-corrected chi connectivity index (χ3v) is 5.64. The van der Waals surface area contributed by atoms with Crippen molar-refractivity contribution in [2.24, 2.45) is 11.0 Å². The maximum atomic E-state index is 12.7. The molecule has 0 aliphatic carbocycles. The van der Waals surface area contributed by atoms with Gasteiger partial charge in [-0.2, -0.15) is 5.10 Å². The van der Waals surface area contributed by atoms with Crippen molar-refractivity contribution < 1.29 is 23.5 Å². The molecule has 1 atom stereocenters. The normalized spacial score (nSPS) is 11.9. The third kappa shape index (κ3) is 6.74. The predicted molar refractivity (Wildman–Crippen MR) is 138 cm³/mol. The number of hydrazone groups is 1. The Morgan fingerprint density at radius 2 is 1.81 bits per heavy atom. The number of benzene rings is 2. The molecular formula is C26H25Cl2N3O5. The molecule has 0 radical (unpaired) electrons. The van der Waals surface area contributed by atoms with Crippen LogP contribution in [0.4, 0.5) is 0 Å². The van der Waals surface area contributed by atoms with Crippen molar-refractivity contribution in [1.82, 2.24) is 10.7 Å². The number of carbonyl (C=O) groups is 3. The number of carbonyl (C=O) groups excluding carboxylic acids is 3. The van der Waals surface area contributed by atoms with Crippen LogP contribution in [-0.4, -0.2) is 36.6 Å². The summed E-state index contributed by atoms with van der Waals surface area (Å²) in [6.45, 7) is 5.57. The predicted octanol–water partition coefficient (Wildman–Crippen LogP) is 5.33. The second-order valence-corrected chi connectivity index (χ2v) is 8.87. The van der Waals surface area contributed by atoms with E-state index in [4.69, 9.17) is 32.4 Å². The van der Waals surface area contributed by atoms with Gasteiger partial charge in [0.25, 0.3) is 11.8 Å². The fraction of sp³-hybridized carbons (Fsp3) is 0.231. The molecule has 188 valence electrons. The fourth-order valence-corrected chi connectivity index (χ4v) is 3.80. The maximum Gasteiger partial charge on any atom is 0.338 e. The molecule has 36 heavy (non-hydrogen) atoms. The van der Waals surface area contributed by atoms with Gasteiger partial charge in [0.2, 0.25) is 0 Å². The molecule has 0 bridgehead atoms. The van der Waals surface area contributed by atoms with Gasteiger partial charge in [-0.25, -0.2) is 10.2 Å². The molecule has 0 saturated carbocycles. The SMILES string of the molecule is CCOC(=O)c1ccccc1-c1ccc(/C=N\NC(=O)C(NC(=O)c2ccc(Cl)cc2Cl)C(C)C)o1. The van der Waals surface area contributed by atoms with Gasteiger partial charge in [0.1, 0.15) is 17.6 Å². The Morgan fingerprint density at radius 1 is 1.06 bits per heavy atom. The number of ether oxygens (including phenoxy) is 1. The highest BCUT2D eigenvalue weighted by Gasteiger charge is 2.25. The highest BCUT2D eigenvalue weighted by Crippen LogP contribution is 2.26. The van der Waals surface area contributed by atoms with Gasteiger partial charge in [0, 0.05) is 10.6 Å². The smallest absolute Gasteiger partial charge is 0.338 e.